The molecule has 3 amide bonds. The minimum absolute atomic E-state index is 0.112. The first-order chi connectivity index (χ1) is 14.5. The number of halogens is 1. The van der Waals surface area contributed by atoms with Gasteiger partial charge in [0.15, 0.2) is 0 Å². The van der Waals surface area contributed by atoms with E-state index in [0.717, 1.165) is 0 Å². The molecule has 1 rings (SSSR count). The Kier molecular flexibility index (Phi) is 10.8. The van der Waals surface area contributed by atoms with Crippen LogP contribution < -0.4 is 21.4 Å². The maximum atomic E-state index is 12.2. The summed E-state index contributed by atoms with van der Waals surface area (Å²) in [6, 6.07) is 3.05. The number of amides is 3. The number of rotatable bonds is 11. The zero-order valence-corrected chi connectivity index (χ0v) is 17.6. The smallest absolute Gasteiger partial charge is 0.322 e. The van der Waals surface area contributed by atoms with Crippen LogP contribution in [0.25, 0.3) is 0 Å². The van der Waals surface area contributed by atoms with Crippen molar-refractivity contribution >= 4 is 58.0 Å². The molecule has 0 spiro atoms. The Labute approximate surface area is 185 Å². The maximum absolute atomic E-state index is 12.2. The second-order valence-corrected chi connectivity index (χ2v) is 7.49. The van der Waals surface area contributed by atoms with Crippen molar-refractivity contribution in [2.75, 3.05) is 17.4 Å². The minimum Gasteiger partial charge on any atom is -0.480 e. The van der Waals surface area contributed by atoms with Crippen molar-refractivity contribution in [1.29, 1.82) is 0 Å². The molecule has 0 aliphatic heterocycles. The van der Waals surface area contributed by atoms with Gasteiger partial charge in [-0.05, 0) is 30.7 Å². The third kappa shape index (κ3) is 9.65. The molecule has 0 heterocycles. The molecular formula is C17H21ClN4O8S. The van der Waals surface area contributed by atoms with Gasteiger partial charge in [-0.15, -0.1) is 0 Å². The molecule has 1 aromatic rings. The number of benzene rings is 1. The van der Waals surface area contributed by atoms with E-state index < -0.39 is 47.6 Å². The lowest BCUT2D eigenvalue weighted by Gasteiger charge is -2.19. The van der Waals surface area contributed by atoms with Gasteiger partial charge in [-0.1, -0.05) is 23.4 Å². The largest absolute Gasteiger partial charge is 0.480 e. The van der Waals surface area contributed by atoms with Crippen molar-refractivity contribution < 1.29 is 39.4 Å². The minimum atomic E-state index is -1.33. The summed E-state index contributed by atoms with van der Waals surface area (Å²) in [5.74, 6) is -4.56. The first-order valence-electron chi connectivity index (χ1n) is 8.69. The summed E-state index contributed by atoms with van der Waals surface area (Å²) in [5.41, 5.74) is 5.43. The second kappa shape index (κ2) is 12.7. The van der Waals surface area contributed by atoms with Crippen LogP contribution in [0.15, 0.2) is 24.3 Å². The lowest BCUT2D eigenvalue weighted by atomic mass is 10.1. The van der Waals surface area contributed by atoms with Gasteiger partial charge < -0.3 is 26.6 Å². The highest BCUT2D eigenvalue weighted by Crippen LogP contribution is 2.20. The van der Waals surface area contributed by atoms with Gasteiger partial charge in [0.05, 0.1) is 5.69 Å². The van der Waals surface area contributed by atoms with Gasteiger partial charge in [0, 0.05) is 17.2 Å². The van der Waals surface area contributed by atoms with Gasteiger partial charge in [-0.2, -0.15) is 5.06 Å². The summed E-state index contributed by atoms with van der Waals surface area (Å²) in [4.78, 5) is 57.8. The number of nitrogens with one attached hydrogen (secondary N) is 2. The number of nitrogens with zero attached hydrogens (tertiary/aromatic N) is 1. The molecule has 12 nitrogen and oxygen atoms in total. The third-order valence-electron chi connectivity index (χ3n) is 3.68. The zero-order valence-electron chi connectivity index (χ0n) is 16.0. The Hall–Kier alpha value is -2.87. The topological polar surface area (TPSA) is 199 Å². The summed E-state index contributed by atoms with van der Waals surface area (Å²) in [5, 5.41) is 31.6. The van der Waals surface area contributed by atoms with Crippen molar-refractivity contribution in [2.24, 2.45) is 5.73 Å². The van der Waals surface area contributed by atoms with Gasteiger partial charge in [0.25, 0.3) is 0 Å². The fraction of sp³-hybridized carbons (Fsp3) is 0.353. The van der Waals surface area contributed by atoms with Crippen LogP contribution in [-0.4, -0.2) is 68.8 Å². The van der Waals surface area contributed by atoms with Crippen molar-refractivity contribution in [1.82, 2.24) is 10.6 Å². The number of carboxylic acids is 2. The molecule has 0 aromatic heterocycles. The van der Waals surface area contributed by atoms with Crippen LogP contribution in [0, 0.1) is 0 Å². The van der Waals surface area contributed by atoms with Crippen molar-refractivity contribution in [3.8, 4) is 0 Å². The fourth-order valence-electron chi connectivity index (χ4n) is 2.05. The predicted octanol–water partition coefficient (Wildman–Crippen LogP) is 0.267. The number of carboxylic acid groups (broad SMARTS) is 2. The molecule has 170 valence electrons. The van der Waals surface area contributed by atoms with E-state index in [2.05, 4.69) is 10.6 Å². The quantitative estimate of drug-likeness (QED) is 0.190. The number of anilines is 1. The predicted molar refractivity (Wildman–Crippen MR) is 111 cm³/mol. The van der Waals surface area contributed by atoms with E-state index in [9.17, 15) is 29.2 Å². The maximum Gasteiger partial charge on any atom is 0.322 e. The highest BCUT2D eigenvalue weighted by Gasteiger charge is 2.25. The number of thioether (sulfide) groups is 1. The average molecular weight is 477 g/mol. The van der Waals surface area contributed by atoms with Gasteiger partial charge in [-0.25, -0.2) is 0 Å². The highest BCUT2D eigenvalue weighted by atomic mass is 35.5. The second-order valence-electron chi connectivity index (χ2n) is 6.08. The molecule has 0 fully saturated rings. The van der Waals surface area contributed by atoms with Crippen molar-refractivity contribution in [2.45, 2.75) is 24.9 Å². The van der Waals surface area contributed by atoms with Crippen LogP contribution in [0.2, 0.25) is 5.02 Å². The number of hydrogen-bond acceptors (Lipinski definition) is 8. The molecule has 2 atom stereocenters. The Balaban J connectivity index is 2.74. The molecule has 7 N–H and O–H groups in total. The molecule has 14 heteroatoms. The SMILES string of the molecule is NC(CCC(=O)N[C@@H](CSC(=O)N(O)c1ccc(Cl)cc1)C(=O)NCC(=O)O)C(=O)O. The van der Waals surface area contributed by atoms with Crippen molar-refractivity contribution in [3.63, 3.8) is 0 Å². The standard InChI is InChI=1S/C17H21ClN4O8S/c18-9-1-3-10(4-2-9)22(30)17(29)31-8-12(15(26)20-7-14(24)25)21-13(23)6-5-11(19)16(27)28/h1-4,11-12,30H,5-8,19H2,(H,20,26)(H,21,23)(H,24,25)(H,27,28)/t11?,12-/m0/s1. The average Bonchev–Trinajstić information content (AvgIpc) is 2.72. The number of nitrogens with two attached hydrogens (primary N) is 1. The lowest BCUT2D eigenvalue weighted by molar-refractivity contribution is -0.139. The first kappa shape index (κ1) is 26.2. The summed E-state index contributed by atoms with van der Waals surface area (Å²) >= 11 is 6.23. The summed E-state index contributed by atoms with van der Waals surface area (Å²) in [6.07, 6.45) is -0.511. The molecule has 1 unspecified atom stereocenters. The number of hydroxylamine groups is 1. The van der Waals surface area contributed by atoms with E-state index in [1.165, 1.54) is 24.3 Å². The van der Waals surface area contributed by atoms with Crippen LogP contribution in [-0.2, 0) is 19.2 Å². The molecule has 0 aliphatic carbocycles. The summed E-state index contributed by atoms with van der Waals surface area (Å²) < 4.78 is 0. The van der Waals surface area contributed by atoms with E-state index in [-0.39, 0.29) is 24.3 Å². The normalized spacial score (nSPS) is 12.4. The zero-order chi connectivity index (χ0) is 23.6. The third-order valence-corrected chi connectivity index (χ3v) is 4.85. The van der Waals surface area contributed by atoms with E-state index in [1.807, 2.05) is 0 Å². The number of carbonyl (C=O) groups is 5. The number of hydrogen-bond donors (Lipinski definition) is 6. The molecule has 0 aliphatic rings. The molecule has 31 heavy (non-hydrogen) atoms. The molecule has 0 bridgehead atoms. The van der Waals surface area contributed by atoms with E-state index in [4.69, 9.17) is 27.5 Å². The number of carbonyl (C=O) groups excluding carboxylic acids is 3. The Morgan fingerprint density at radius 1 is 1.13 bits per heavy atom. The fourth-order valence-corrected chi connectivity index (χ4v) is 2.95. The summed E-state index contributed by atoms with van der Waals surface area (Å²) in [7, 11) is 0. The molecule has 0 saturated carbocycles. The van der Waals surface area contributed by atoms with E-state index >= 15 is 0 Å². The van der Waals surface area contributed by atoms with Gasteiger partial charge in [0.1, 0.15) is 18.6 Å². The highest BCUT2D eigenvalue weighted by molar-refractivity contribution is 8.13. The molecule has 0 radical (unpaired) electrons. The molecule has 0 saturated heterocycles. The van der Waals surface area contributed by atoms with Crippen LogP contribution in [0.4, 0.5) is 10.5 Å². The summed E-state index contributed by atoms with van der Waals surface area (Å²) in [6.45, 7) is -0.718. The van der Waals surface area contributed by atoms with Gasteiger partial charge in [-0.3, -0.25) is 29.2 Å². The molecular weight excluding hydrogens is 456 g/mol. The van der Waals surface area contributed by atoms with Crippen LogP contribution in [0.5, 0.6) is 0 Å². The van der Waals surface area contributed by atoms with E-state index in [0.29, 0.717) is 21.8 Å². The van der Waals surface area contributed by atoms with Crippen LogP contribution >= 0.6 is 23.4 Å². The van der Waals surface area contributed by atoms with Gasteiger partial charge in [0.2, 0.25) is 11.8 Å². The first-order valence-corrected chi connectivity index (χ1v) is 10.1. The van der Waals surface area contributed by atoms with Crippen molar-refractivity contribution in [3.05, 3.63) is 29.3 Å². The number of aliphatic carboxylic acids is 2. The van der Waals surface area contributed by atoms with Crippen LogP contribution in [0.1, 0.15) is 12.8 Å². The van der Waals surface area contributed by atoms with E-state index in [1.54, 1.807) is 0 Å². The van der Waals surface area contributed by atoms with Gasteiger partial charge >= 0.3 is 17.2 Å². The lowest BCUT2D eigenvalue weighted by Crippen LogP contribution is -2.50. The Morgan fingerprint density at radius 3 is 2.29 bits per heavy atom. The Bertz CT molecular complexity index is 823. The Morgan fingerprint density at radius 2 is 1.74 bits per heavy atom. The molecule has 1 aromatic carbocycles. The monoisotopic (exact) mass is 476 g/mol. The van der Waals surface area contributed by atoms with Crippen LogP contribution in [0.3, 0.4) is 0 Å².